The third-order valence-electron chi connectivity index (χ3n) is 3.38. The van der Waals surface area contributed by atoms with Gasteiger partial charge in [0.15, 0.2) is 11.5 Å². The maximum absolute atomic E-state index is 10.1. The van der Waals surface area contributed by atoms with Gasteiger partial charge in [0.05, 0.1) is 7.11 Å². The van der Waals surface area contributed by atoms with E-state index in [4.69, 9.17) is 15.2 Å². The number of nitrogens with two attached hydrogens (primary N) is 1. The molecule has 1 atom stereocenters. The molecule has 0 saturated carbocycles. The van der Waals surface area contributed by atoms with Crippen molar-refractivity contribution in [3.63, 3.8) is 0 Å². The molecule has 0 unspecified atom stereocenters. The minimum atomic E-state index is -0.158. The van der Waals surface area contributed by atoms with E-state index >= 15 is 0 Å². The zero-order chi connectivity index (χ0) is 12.3. The van der Waals surface area contributed by atoms with E-state index in [0.717, 1.165) is 31.6 Å². The first kappa shape index (κ1) is 12.2. The third kappa shape index (κ3) is 2.53. The molecule has 1 aliphatic heterocycles. The van der Waals surface area contributed by atoms with Gasteiger partial charge in [-0.1, -0.05) is 12.1 Å². The molecule has 3 N–H and O–H groups in total. The van der Waals surface area contributed by atoms with Crippen LogP contribution in [0, 0.1) is 5.92 Å². The third-order valence-corrected chi connectivity index (χ3v) is 3.38. The molecule has 4 nitrogen and oxygen atoms in total. The van der Waals surface area contributed by atoms with Crippen LogP contribution in [0.3, 0.4) is 0 Å². The number of phenols is 1. The Balaban J connectivity index is 2.20. The van der Waals surface area contributed by atoms with Crippen LogP contribution in [-0.4, -0.2) is 25.4 Å². The molecule has 17 heavy (non-hydrogen) atoms. The van der Waals surface area contributed by atoms with Gasteiger partial charge in [0.25, 0.3) is 0 Å². The van der Waals surface area contributed by atoms with Crippen LogP contribution in [0.15, 0.2) is 18.2 Å². The lowest BCUT2D eigenvalue weighted by atomic mass is 9.87. The van der Waals surface area contributed by atoms with Crippen molar-refractivity contribution in [2.45, 2.75) is 18.9 Å². The van der Waals surface area contributed by atoms with Gasteiger partial charge in [0, 0.05) is 24.8 Å². The molecular formula is C13H19NO3. The zero-order valence-electron chi connectivity index (χ0n) is 10.1. The molecule has 1 aliphatic rings. The second-order valence-corrected chi connectivity index (χ2v) is 4.37. The molecule has 1 saturated heterocycles. The Morgan fingerprint density at radius 3 is 2.76 bits per heavy atom. The van der Waals surface area contributed by atoms with Crippen LogP contribution in [0.5, 0.6) is 11.5 Å². The number of hydrogen-bond donors (Lipinski definition) is 2. The number of rotatable bonds is 3. The minimum absolute atomic E-state index is 0.158. The van der Waals surface area contributed by atoms with Gasteiger partial charge in [-0.3, -0.25) is 0 Å². The maximum Gasteiger partial charge on any atom is 0.162 e. The molecule has 1 aromatic carbocycles. The second-order valence-electron chi connectivity index (χ2n) is 4.37. The molecule has 94 valence electrons. The predicted octanol–water partition coefficient (Wildman–Crippen LogP) is 1.83. The highest BCUT2D eigenvalue weighted by molar-refractivity contribution is 5.46. The Morgan fingerprint density at radius 1 is 1.41 bits per heavy atom. The van der Waals surface area contributed by atoms with E-state index in [9.17, 15) is 5.11 Å². The summed E-state index contributed by atoms with van der Waals surface area (Å²) in [4.78, 5) is 0. The van der Waals surface area contributed by atoms with E-state index in [1.54, 1.807) is 13.2 Å². The first-order valence-corrected chi connectivity index (χ1v) is 5.93. The van der Waals surface area contributed by atoms with Crippen LogP contribution in [0.1, 0.15) is 24.4 Å². The minimum Gasteiger partial charge on any atom is -0.504 e. The highest BCUT2D eigenvalue weighted by Crippen LogP contribution is 2.37. The first-order valence-electron chi connectivity index (χ1n) is 5.93. The molecule has 1 heterocycles. The molecule has 1 aromatic rings. The normalized spacial score (nSPS) is 18.9. The number of para-hydroxylation sites is 1. The molecule has 0 bridgehead atoms. The zero-order valence-corrected chi connectivity index (χ0v) is 10.1. The summed E-state index contributed by atoms with van der Waals surface area (Å²) in [5.41, 5.74) is 6.98. The number of ether oxygens (including phenoxy) is 2. The summed E-state index contributed by atoms with van der Waals surface area (Å²) < 4.78 is 10.4. The fourth-order valence-corrected chi connectivity index (χ4v) is 2.30. The molecule has 0 aromatic heterocycles. The summed E-state index contributed by atoms with van der Waals surface area (Å²) in [6.07, 6.45) is 1.88. The Hall–Kier alpha value is -1.26. The lowest BCUT2D eigenvalue weighted by Gasteiger charge is -2.28. The number of phenolic OH excluding ortho intramolecular Hbond substituents is 1. The van der Waals surface area contributed by atoms with Crippen LogP contribution >= 0.6 is 0 Å². The highest BCUT2D eigenvalue weighted by Gasteiger charge is 2.25. The van der Waals surface area contributed by atoms with Crippen molar-refractivity contribution in [2.24, 2.45) is 11.7 Å². The predicted molar refractivity (Wildman–Crippen MR) is 65.1 cm³/mol. The van der Waals surface area contributed by atoms with Crippen molar-refractivity contribution in [3.05, 3.63) is 23.8 Å². The topological polar surface area (TPSA) is 64.7 Å². The Morgan fingerprint density at radius 2 is 2.12 bits per heavy atom. The van der Waals surface area contributed by atoms with Crippen molar-refractivity contribution in [3.8, 4) is 11.5 Å². The monoisotopic (exact) mass is 237 g/mol. The molecule has 0 amide bonds. The highest BCUT2D eigenvalue weighted by atomic mass is 16.5. The van der Waals surface area contributed by atoms with E-state index in [2.05, 4.69) is 0 Å². The van der Waals surface area contributed by atoms with E-state index < -0.39 is 0 Å². The lowest BCUT2D eigenvalue weighted by Crippen LogP contribution is -2.27. The van der Waals surface area contributed by atoms with Gasteiger partial charge >= 0.3 is 0 Å². The van der Waals surface area contributed by atoms with Gasteiger partial charge in [0.1, 0.15) is 0 Å². The Kier molecular flexibility index (Phi) is 3.86. The van der Waals surface area contributed by atoms with Gasteiger partial charge in [-0.05, 0) is 24.8 Å². The number of aromatic hydroxyl groups is 1. The van der Waals surface area contributed by atoms with E-state index in [1.165, 1.54) is 0 Å². The molecule has 0 radical (unpaired) electrons. The molecule has 4 heteroatoms. The molecule has 0 spiro atoms. The Bertz CT molecular complexity index is 375. The smallest absolute Gasteiger partial charge is 0.162 e. The standard InChI is InChI=1S/C13H19NO3/c1-16-11-4-2-3-10(13(11)15)12(14)9-5-7-17-8-6-9/h2-4,9,12,15H,5-8,14H2,1H3/t12-/m0/s1. The number of hydrogen-bond acceptors (Lipinski definition) is 4. The summed E-state index contributed by atoms with van der Waals surface area (Å²) in [5.74, 6) is 1.00. The number of methoxy groups -OCH3 is 1. The largest absolute Gasteiger partial charge is 0.504 e. The van der Waals surface area contributed by atoms with Crippen LogP contribution in [-0.2, 0) is 4.74 Å². The van der Waals surface area contributed by atoms with E-state index in [1.807, 2.05) is 12.1 Å². The van der Waals surface area contributed by atoms with Gasteiger partial charge in [0.2, 0.25) is 0 Å². The first-order chi connectivity index (χ1) is 8.24. The summed E-state index contributed by atoms with van der Waals surface area (Å²) in [6.45, 7) is 1.51. The van der Waals surface area contributed by atoms with Crippen LogP contribution in [0.25, 0.3) is 0 Å². The van der Waals surface area contributed by atoms with Crippen molar-refractivity contribution in [1.82, 2.24) is 0 Å². The van der Waals surface area contributed by atoms with Crippen molar-refractivity contribution >= 4 is 0 Å². The number of benzene rings is 1. The Labute approximate surface area is 101 Å². The van der Waals surface area contributed by atoms with Gasteiger partial charge < -0.3 is 20.3 Å². The van der Waals surface area contributed by atoms with Gasteiger partial charge in [-0.2, -0.15) is 0 Å². The fourth-order valence-electron chi connectivity index (χ4n) is 2.30. The summed E-state index contributed by atoms with van der Waals surface area (Å²) >= 11 is 0. The van der Waals surface area contributed by atoms with Crippen LogP contribution in [0.4, 0.5) is 0 Å². The van der Waals surface area contributed by atoms with Crippen LogP contribution in [0.2, 0.25) is 0 Å². The van der Waals surface area contributed by atoms with Crippen molar-refractivity contribution in [2.75, 3.05) is 20.3 Å². The summed E-state index contributed by atoms with van der Waals surface area (Å²) in [6, 6.07) is 5.29. The molecule has 0 aliphatic carbocycles. The van der Waals surface area contributed by atoms with Crippen LogP contribution < -0.4 is 10.5 Å². The van der Waals surface area contributed by atoms with Crippen molar-refractivity contribution < 1.29 is 14.6 Å². The summed E-state index contributed by atoms with van der Waals surface area (Å²) in [7, 11) is 1.54. The van der Waals surface area contributed by atoms with Crippen molar-refractivity contribution in [1.29, 1.82) is 0 Å². The molecule has 1 fully saturated rings. The summed E-state index contributed by atoms with van der Waals surface area (Å²) in [5, 5.41) is 10.1. The second kappa shape index (κ2) is 5.38. The maximum atomic E-state index is 10.1. The average Bonchev–Trinajstić information content (AvgIpc) is 2.39. The lowest BCUT2D eigenvalue weighted by molar-refractivity contribution is 0.0581. The van der Waals surface area contributed by atoms with E-state index in [-0.39, 0.29) is 11.8 Å². The molecular weight excluding hydrogens is 218 g/mol. The SMILES string of the molecule is COc1cccc([C@@H](N)C2CCOCC2)c1O. The van der Waals surface area contributed by atoms with Gasteiger partial charge in [-0.25, -0.2) is 0 Å². The molecule has 2 rings (SSSR count). The fraction of sp³-hybridized carbons (Fsp3) is 0.538. The average molecular weight is 237 g/mol. The van der Waals surface area contributed by atoms with E-state index in [0.29, 0.717) is 11.7 Å². The quantitative estimate of drug-likeness (QED) is 0.841. The van der Waals surface area contributed by atoms with Gasteiger partial charge in [-0.15, -0.1) is 0 Å².